The fourth-order valence-electron chi connectivity index (χ4n) is 1.54. The van der Waals surface area contributed by atoms with Crippen LogP contribution in [0.3, 0.4) is 0 Å². The first-order chi connectivity index (χ1) is 7.79. The van der Waals surface area contributed by atoms with Gasteiger partial charge in [-0.15, -0.1) is 0 Å². The largest absolute Gasteiger partial charge is 0.381 e. The Morgan fingerprint density at radius 1 is 1.44 bits per heavy atom. The van der Waals surface area contributed by atoms with Crippen LogP contribution in [0.15, 0.2) is 36.5 Å². The molecule has 84 valence electrons. The van der Waals surface area contributed by atoms with Gasteiger partial charge in [0.15, 0.2) is 0 Å². The second-order valence-electron chi connectivity index (χ2n) is 3.83. The molecule has 1 heterocycles. The van der Waals surface area contributed by atoms with E-state index >= 15 is 0 Å². The normalized spacial score (nSPS) is 12.4. The molecule has 1 unspecified atom stereocenters. The molecule has 0 saturated heterocycles. The summed E-state index contributed by atoms with van der Waals surface area (Å²) < 4.78 is 0. The van der Waals surface area contributed by atoms with Gasteiger partial charge < -0.3 is 11.1 Å². The number of benzene rings is 1. The van der Waals surface area contributed by atoms with Crippen LogP contribution in [0.2, 0.25) is 0 Å². The predicted molar refractivity (Wildman–Crippen MR) is 66.2 cm³/mol. The van der Waals surface area contributed by atoms with Crippen molar-refractivity contribution in [1.29, 1.82) is 0 Å². The molecule has 0 fully saturated rings. The van der Waals surface area contributed by atoms with E-state index < -0.39 is 0 Å². The fourth-order valence-corrected chi connectivity index (χ4v) is 1.54. The Labute approximate surface area is 94.9 Å². The Kier molecular flexibility index (Phi) is 3.22. The minimum absolute atomic E-state index is 0.275. The van der Waals surface area contributed by atoms with Crippen molar-refractivity contribution in [3.8, 4) is 11.3 Å². The lowest BCUT2D eigenvalue weighted by molar-refractivity contribution is 0.804. The van der Waals surface area contributed by atoms with Crippen LogP contribution in [0.5, 0.6) is 0 Å². The van der Waals surface area contributed by atoms with Crippen molar-refractivity contribution in [2.24, 2.45) is 5.73 Å². The number of nitrogens with zero attached hydrogens (tertiary/aromatic N) is 1. The number of H-pyrrole nitrogens is 1. The Morgan fingerprint density at radius 2 is 2.31 bits per heavy atom. The number of hydrogen-bond acceptors (Lipinski definition) is 3. The second kappa shape index (κ2) is 4.81. The van der Waals surface area contributed by atoms with Gasteiger partial charge in [0.1, 0.15) is 0 Å². The molecule has 2 rings (SSSR count). The Morgan fingerprint density at radius 3 is 3.00 bits per heavy atom. The van der Waals surface area contributed by atoms with E-state index in [1.54, 1.807) is 6.20 Å². The Balaban J connectivity index is 2.20. The maximum atomic E-state index is 5.57. The van der Waals surface area contributed by atoms with Gasteiger partial charge in [0, 0.05) is 30.0 Å². The van der Waals surface area contributed by atoms with Crippen LogP contribution in [0.1, 0.15) is 6.92 Å². The fraction of sp³-hybridized carbons (Fsp3) is 0.250. The highest BCUT2D eigenvalue weighted by atomic mass is 15.1. The lowest BCUT2D eigenvalue weighted by atomic mass is 10.1. The molecule has 1 aromatic heterocycles. The molecule has 0 radical (unpaired) electrons. The van der Waals surface area contributed by atoms with Gasteiger partial charge in [-0.05, 0) is 25.1 Å². The Bertz CT molecular complexity index is 436. The van der Waals surface area contributed by atoms with E-state index in [2.05, 4.69) is 28.5 Å². The Hall–Kier alpha value is -1.81. The van der Waals surface area contributed by atoms with E-state index in [9.17, 15) is 0 Å². The van der Waals surface area contributed by atoms with Gasteiger partial charge in [-0.3, -0.25) is 5.10 Å². The summed E-state index contributed by atoms with van der Waals surface area (Å²) in [5, 5.41) is 10.2. The first kappa shape index (κ1) is 10.7. The molecule has 2 aromatic rings. The van der Waals surface area contributed by atoms with Gasteiger partial charge >= 0.3 is 0 Å². The maximum absolute atomic E-state index is 5.57. The van der Waals surface area contributed by atoms with Crippen molar-refractivity contribution < 1.29 is 0 Å². The van der Waals surface area contributed by atoms with Gasteiger partial charge in [-0.25, -0.2) is 0 Å². The molecule has 1 atom stereocenters. The third-order valence-electron chi connectivity index (χ3n) is 2.44. The average molecular weight is 216 g/mol. The highest BCUT2D eigenvalue weighted by Crippen LogP contribution is 2.20. The summed E-state index contributed by atoms with van der Waals surface area (Å²) in [4.78, 5) is 0. The van der Waals surface area contributed by atoms with Crippen LogP contribution in [-0.4, -0.2) is 22.8 Å². The van der Waals surface area contributed by atoms with Gasteiger partial charge in [0.05, 0.1) is 5.69 Å². The average Bonchev–Trinajstić information content (AvgIpc) is 2.83. The standard InChI is InChI=1S/C12H16N4/c1-9(8-13)15-11-4-2-3-10(7-11)12-5-6-14-16-12/h2-7,9,15H,8,13H2,1H3,(H,14,16). The van der Waals surface area contributed by atoms with Gasteiger partial charge in [-0.2, -0.15) is 5.10 Å². The number of nitrogens with one attached hydrogen (secondary N) is 2. The van der Waals surface area contributed by atoms with Crippen LogP contribution in [-0.2, 0) is 0 Å². The minimum Gasteiger partial charge on any atom is -0.381 e. The summed E-state index contributed by atoms with van der Waals surface area (Å²) in [6, 6.07) is 10.4. The second-order valence-corrected chi connectivity index (χ2v) is 3.83. The predicted octanol–water partition coefficient (Wildman–Crippen LogP) is 1.84. The number of rotatable bonds is 4. The van der Waals surface area contributed by atoms with Crippen molar-refractivity contribution in [2.75, 3.05) is 11.9 Å². The first-order valence-corrected chi connectivity index (χ1v) is 5.36. The zero-order valence-electron chi connectivity index (χ0n) is 9.27. The third kappa shape index (κ3) is 2.41. The molecule has 0 bridgehead atoms. The zero-order valence-corrected chi connectivity index (χ0v) is 9.27. The topological polar surface area (TPSA) is 66.7 Å². The summed E-state index contributed by atoms with van der Waals surface area (Å²) in [5.41, 5.74) is 8.78. The van der Waals surface area contributed by atoms with E-state index in [-0.39, 0.29) is 6.04 Å². The van der Waals surface area contributed by atoms with Gasteiger partial charge in [0.2, 0.25) is 0 Å². The smallest absolute Gasteiger partial charge is 0.0650 e. The van der Waals surface area contributed by atoms with Gasteiger partial charge in [-0.1, -0.05) is 12.1 Å². The molecular weight excluding hydrogens is 200 g/mol. The lowest BCUT2D eigenvalue weighted by Crippen LogP contribution is -2.25. The molecule has 0 spiro atoms. The van der Waals surface area contributed by atoms with Crippen LogP contribution < -0.4 is 11.1 Å². The summed E-state index contributed by atoms with van der Waals surface area (Å²) in [5.74, 6) is 0. The summed E-state index contributed by atoms with van der Waals surface area (Å²) in [7, 11) is 0. The quantitative estimate of drug-likeness (QED) is 0.730. The van der Waals surface area contributed by atoms with Crippen LogP contribution in [0, 0.1) is 0 Å². The molecule has 0 aliphatic rings. The third-order valence-corrected chi connectivity index (χ3v) is 2.44. The molecule has 4 heteroatoms. The number of aromatic nitrogens is 2. The highest BCUT2D eigenvalue weighted by Gasteiger charge is 2.02. The summed E-state index contributed by atoms with van der Waals surface area (Å²) in [6.07, 6.45) is 1.75. The molecule has 16 heavy (non-hydrogen) atoms. The number of nitrogens with two attached hydrogens (primary N) is 1. The minimum atomic E-state index is 0.275. The molecule has 0 amide bonds. The molecule has 0 saturated carbocycles. The van der Waals surface area contributed by atoms with E-state index in [0.717, 1.165) is 16.9 Å². The number of aromatic amines is 1. The molecule has 0 aliphatic carbocycles. The van der Waals surface area contributed by atoms with E-state index in [4.69, 9.17) is 5.73 Å². The summed E-state index contributed by atoms with van der Waals surface area (Å²) >= 11 is 0. The first-order valence-electron chi connectivity index (χ1n) is 5.36. The van der Waals surface area contributed by atoms with Crippen molar-refractivity contribution >= 4 is 5.69 Å². The molecular formula is C12H16N4. The van der Waals surface area contributed by atoms with E-state index in [1.807, 2.05) is 24.3 Å². The van der Waals surface area contributed by atoms with Crippen LogP contribution in [0.4, 0.5) is 5.69 Å². The van der Waals surface area contributed by atoms with Crippen molar-refractivity contribution in [1.82, 2.24) is 10.2 Å². The SMILES string of the molecule is CC(CN)Nc1cccc(-c2ccn[nH]2)c1. The zero-order chi connectivity index (χ0) is 11.4. The molecule has 0 aliphatic heterocycles. The van der Waals surface area contributed by atoms with E-state index in [1.165, 1.54) is 0 Å². The monoisotopic (exact) mass is 216 g/mol. The molecule has 4 N–H and O–H groups in total. The van der Waals surface area contributed by atoms with Crippen LogP contribution >= 0.6 is 0 Å². The van der Waals surface area contributed by atoms with Crippen molar-refractivity contribution in [3.63, 3.8) is 0 Å². The van der Waals surface area contributed by atoms with Crippen molar-refractivity contribution in [2.45, 2.75) is 13.0 Å². The molecule has 4 nitrogen and oxygen atoms in total. The lowest BCUT2D eigenvalue weighted by Gasteiger charge is -2.13. The molecule has 1 aromatic carbocycles. The number of hydrogen-bond donors (Lipinski definition) is 3. The van der Waals surface area contributed by atoms with Crippen LogP contribution in [0.25, 0.3) is 11.3 Å². The highest BCUT2D eigenvalue weighted by molar-refractivity contribution is 5.64. The van der Waals surface area contributed by atoms with Gasteiger partial charge in [0.25, 0.3) is 0 Å². The number of anilines is 1. The van der Waals surface area contributed by atoms with E-state index in [0.29, 0.717) is 6.54 Å². The maximum Gasteiger partial charge on any atom is 0.0650 e. The summed E-state index contributed by atoms with van der Waals surface area (Å²) in [6.45, 7) is 2.68. The van der Waals surface area contributed by atoms with Crippen molar-refractivity contribution in [3.05, 3.63) is 36.5 Å².